The zero-order valence-electron chi connectivity index (χ0n) is 17.4. The monoisotopic (exact) mass is 421 g/mol. The van der Waals surface area contributed by atoms with Gasteiger partial charge in [0, 0.05) is 17.6 Å². The van der Waals surface area contributed by atoms with Crippen molar-refractivity contribution < 1.29 is 13.9 Å². The van der Waals surface area contributed by atoms with Gasteiger partial charge in [0.2, 0.25) is 0 Å². The quantitative estimate of drug-likeness (QED) is 0.428. The molecule has 0 saturated heterocycles. The molecule has 6 nitrogen and oxygen atoms in total. The van der Waals surface area contributed by atoms with Gasteiger partial charge in [0.05, 0.1) is 12.2 Å². The maximum atomic E-state index is 13.3. The van der Waals surface area contributed by atoms with Gasteiger partial charge < -0.3 is 14.9 Å². The van der Waals surface area contributed by atoms with E-state index < -0.39 is 11.2 Å². The lowest BCUT2D eigenvalue weighted by atomic mass is 9.94. The van der Waals surface area contributed by atoms with E-state index in [1.165, 1.54) is 18.2 Å². The van der Waals surface area contributed by atoms with Crippen LogP contribution in [0.3, 0.4) is 0 Å². The number of aromatic nitrogens is 2. The zero-order valence-corrected chi connectivity index (χ0v) is 17.4. The molecule has 0 amide bonds. The summed E-state index contributed by atoms with van der Waals surface area (Å²) >= 11 is 0. The Kier molecular flexibility index (Phi) is 5.61. The first-order chi connectivity index (χ1) is 14.9. The molecule has 4 rings (SSSR count). The van der Waals surface area contributed by atoms with E-state index in [2.05, 4.69) is 10.5 Å². The number of fused-ring (bicyclic) bond motifs is 1. The summed E-state index contributed by atoms with van der Waals surface area (Å²) in [6.45, 7) is 4.30. The van der Waals surface area contributed by atoms with Gasteiger partial charge in [-0.05, 0) is 53.8 Å². The molecule has 0 aliphatic carbocycles. The number of rotatable bonds is 7. The minimum atomic E-state index is -0.934. The molecule has 0 unspecified atom stereocenters. The van der Waals surface area contributed by atoms with Gasteiger partial charge >= 0.3 is 5.63 Å². The molecule has 0 spiro atoms. The Hall–Kier alpha value is -3.45. The van der Waals surface area contributed by atoms with Crippen LogP contribution >= 0.6 is 0 Å². The molecule has 2 heterocycles. The van der Waals surface area contributed by atoms with E-state index in [9.17, 15) is 14.3 Å². The summed E-state index contributed by atoms with van der Waals surface area (Å²) in [5.74, 6) is -0.331. The lowest BCUT2D eigenvalue weighted by molar-refractivity contribution is 0.0235. The number of hydrogen-bond acceptors (Lipinski definition) is 5. The summed E-state index contributed by atoms with van der Waals surface area (Å²) in [6, 6.07) is 14.8. The van der Waals surface area contributed by atoms with Crippen LogP contribution in [-0.2, 0) is 12.1 Å². The first-order valence-electron chi connectivity index (χ1n) is 10.3. The van der Waals surface area contributed by atoms with E-state index >= 15 is 0 Å². The third-order valence-electron chi connectivity index (χ3n) is 5.64. The Morgan fingerprint density at radius 1 is 1.10 bits per heavy atom. The highest BCUT2D eigenvalue weighted by atomic mass is 19.1. The van der Waals surface area contributed by atoms with Crippen molar-refractivity contribution in [1.29, 1.82) is 0 Å². The van der Waals surface area contributed by atoms with Crippen molar-refractivity contribution in [3.63, 3.8) is 0 Å². The molecule has 0 aliphatic rings. The molecule has 0 radical (unpaired) electrons. The highest BCUT2D eigenvalue weighted by Gasteiger charge is 2.27. The van der Waals surface area contributed by atoms with Crippen LogP contribution in [0, 0.1) is 5.82 Å². The maximum absolute atomic E-state index is 13.3. The van der Waals surface area contributed by atoms with Crippen LogP contribution in [0.5, 0.6) is 0 Å². The third kappa shape index (κ3) is 4.22. The normalized spacial score (nSPS) is 11.7. The number of hydrogen-bond donors (Lipinski definition) is 2. The van der Waals surface area contributed by atoms with Crippen molar-refractivity contribution >= 4 is 11.0 Å². The Labute approximate surface area is 178 Å². The number of halogens is 1. The lowest BCUT2D eigenvalue weighted by Gasteiger charge is -2.22. The minimum absolute atomic E-state index is 0.331. The van der Waals surface area contributed by atoms with Crippen LogP contribution in [0.4, 0.5) is 4.39 Å². The highest BCUT2D eigenvalue weighted by molar-refractivity contribution is 5.93. The molecule has 4 aromatic rings. The second-order valence-corrected chi connectivity index (χ2v) is 7.54. The molecule has 31 heavy (non-hydrogen) atoms. The number of benzene rings is 2. The van der Waals surface area contributed by atoms with Crippen molar-refractivity contribution in [2.24, 2.45) is 0 Å². The molecule has 2 aromatic heterocycles. The van der Waals surface area contributed by atoms with Gasteiger partial charge in [0.25, 0.3) is 0 Å². The van der Waals surface area contributed by atoms with Gasteiger partial charge in [0.15, 0.2) is 0 Å². The fourth-order valence-corrected chi connectivity index (χ4v) is 3.63. The van der Waals surface area contributed by atoms with Crippen LogP contribution in [0.2, 0.25) is 0 Å². The van der Waals surface area contributed by atoms with Crippen LogP contribution in [0.25, 0.3) is 22.1 Å². The second kappa shape index (κ2) is 8.35. The van der Waals surface area contributed by atoms with Crippen molar-refractivity contribution in [2.45, 2.75) is 38.8 Å². The molecule has 2 N–H and O–H groups in total. The van der Waals surface area contributed by atoms with Crippen LogP contribution < -0.4 is 11.1 Å². The smallest absolute Gasteiger partial charge is 0.336 e. The Balaban J connectivity index is 1.58. The standard InChI is InChI=1S/C24H24FN3O3/c1-3-24(30,4-2)22-11-12-28(27-22)26-15-16-5-10-19-20(14-23(29)31-21(19)13-16)17-6-8-18(25)9-7-17/h5-14,26,30H,3-4,15H2,1-2H3. The number of aliphatic hydroxyl groups is 1. The predicted molar refractivity (Wildman–Crippen MR) is 118 cm³/mol. The molecule has 0 atom stereocenters. The van der Waals surface area contributed by atoms with E-state index in [-0.39, 0.29) is 5.82 Å². The van der Waals surface area contributed by atoms with E-state index in [4.69, 9.17) is 4.42 Å². The predicted octanol–water partition coefficient (Wildman–Crippen LogP) is 4.55. The van der Waals surface area contributed by atoms with Crippen molar-refractivity contribution in [3.05, 3.63) is 88.3 Å². The number of nitrogens with one attached hydrogen (secondary N) is 1. The Bertz CT molecular complexity index is 1260. The molecular formula is C24H24FN3O3. The molecule has 0 aliphatic heterocycles. The van der Waals surface area contributed by atoms with Gasteiger partial charge in [-0.25, -0.2) is 9.18 Å². The number of nitrogens with zero attached hydrogens (tertiary/aromatic N) is 2. The topological polar surface area (TPSA) is 80.3 Å². The molecular weight excluding hydrogens is 397 g/mol. The van der Waals surface area contributed by atoms with Crippen molar-refractivity contribution in [3.8, 4) is 11.1 Å². The summed E-state index contributed by atoms with van der Waals surface area (Å²) in [6.07, 6.45) is 2.93. The summed E-state index contributed by atoms with van der Waals surface area (Å²) < 4.78 is 18.7. The average Bonchev–Trinajstić information content (AvgIpc) is 3.26. The van der Waals surface area contributed by atoms with Gasteiger partial charge in [-0.15, -0.1) is 0 Å². The van der Waals surface area contributed by atoms with Gasteiger partial charge in [-0.2, -0.15) is 9.89 Å². The van der Waals surface area contributed by atoms with E-state index in [0.29, 0.717) is 36.2 Å². The van der Waals surface area contributed by atoms with E-state index in [0.717, 1.165) is 16.5 Å². The zero-order chi connectivity index (χ0) is 22.0. The van der Waals surface area contributed by atoms with Gasteiger partial charge in [0.1, 0.15) is 17.0 Å². The fourth-order valence-electron chi connectivity index (χ4n) is 3.63. The highest BCUT2D eigenvalue weighted by Crippen LogP contribution is 2.28. The van der Waals surface area contributed by atoms with Crippen molar-refractivity contribution in [2.75, 3.05) is 5.43 Å². The van der Waals surface area contributed by atoms with Crippen molar-refractivity contribution in [1.82, 2.24) is 9.89 Å². The van der Waals surface area contributed by atoms with Crippen LogP contribution in [0.15, 0.2) is 70.0 Å². The molecule has 0 fully saturated rings. The van der Waals surface area contributed by atoms with Crippen LogP contribution in [0.1, 0.15) is 37.9 Å². The molecule has 0 bridgehead atoms. The van der Waals surface area contributed by atoms with Gasteiger partial charge in [-0.1, -0.05) is 38.1 Å². The minimum Gasteiger partial charge on any atom is -0.423 e. The average molecular weight is 421 g/mol. The summed E-state index contributed by atoms with van der Waals surface area (Å²) in [5, 5.41) is 15.8. The summed E-state index contributed by atoms with van der Waals surface area (Å²) in [5.41, 5.74) is 5.18. The largest absolute Gasteiger partial charge is 0.423 e. The van der Waals surface area contributed by atoms with E-state index in [1.807, 2.05) is 26.0 Å². The SMILES string of the molecule is CCC(O)(CC)c1ccn(NCc2ccc3c(-c4ccc(F)cc4)cc(=O)oc3c2)n1. The fraction of sp³-hybridized carbons (Fsp3) is 0.250. The Morgan fingerprint density at radius 3 is 2.55 bits per heavy atom. The second-order valence-electron chi connectivity index (χ2n) is 7.54. The lowest BCUT2D eigenvalue weighted by Crippen LogP contribution is -2.25. The first kappa shape index (κ1) is 20.8. The first-order valence-corrected chi connectivity index (χ1v) is 10.3. The molecule has 160 valence electrons. The maximum Gasteiger partial charge on any atom is 0.336 e. The van der Waals surface area contributed by atoms with E-state index in [1.54, 1.807) is 35.3 Å². The Morgan fingerprint density at radius 2 is 1.84 bits per heavy atom. The third-order valence-corrected chi connectivity index (χ3v) is 5.64. The molecule has 7 heteroatoms. The van der Waals surface area contributed by atoms with Crippen LogP contribution in [-0.4, -0.2) is 15.0 Å². The summed E-state index contributed by atoms with van der Waals surface area (Å²) in [7, 11) is 0. The summed E-state index contributed by atoms with van der Waals surface area (Å²) in [4.78, 5) is 13.7. The molecule has 2 aromatic carbocycles. The van der Waals surface area contributed by atoms with Gasteiger partial charge in [-0.3, -0.25) is 0 Å². The molecule has 0 saturated carbocycles.